The zero-order valence-corrected chi connectivity index (χ0v) is 12.8. The predicted molar refractivity (Wildman–Crippen MR) is 73.8 cm³/mol. The summed E-state index contributed by atoms with van der Waals surface area (Å²) >= 11 is 0. The molecule has 0 aromatic heterocycles. The fourth-order valence-corrected chi connectivity index (χ4v) is 2.82. The first-order valence-corrected chi connectivity index (χ1v) is 7.55. The molecule has 0 aromatic carbocycles. The second-order valence-corrected chi connectivity index (χ2v) is 6.15. The summed E-state index contributed by atoms with van der Waals surface area (Å²) in [5, 5.41) is 0. The number of likely N-dealkylation sites (tertiary alicyclic amines) is 1. The molecule has 0 saturated carbocycles. The third kappa shape index (κ3) is 2.88. The molecule has 0 N–H and O–H groups in total. The van der Waals surface area contributed by atoms with Gasteiger partial charge < -0.3 is 9.47 Å². The summed E-state index contributed by atoms with van der Waals surface area (Å²) in [7, 11) is 0. The van der Waals surface area contributed by atoms with Crippen molar-refractivity contribution in [1.82, 2.24) is 4.90 Å². The minimum atomic E-state index is -0.566. The maximum Gasteiger partial charge on any atom is 0.232 e. The number of nitrogens with zero attached hydrogens (tertiary/aromatic N) is 1. The van der Waals surface area contributed by atoms with Crippen molar-refractivity contribution >= 4 is 11.8 Å². The third-order valence-electron chi connectivity index (χ3n) is 4.42. The van der Waals surface area contributed by atoms with E-state index in [1.54, 1.807) is 0 Å². The van der Waals surface area contributed by atoms with Crippen molar-refractivity contribution in [3.63, 3.8) is 0 Å². The molecule has 0 aliphatic carbocycles. The molecule has 2 saturated heterocycles. The molecular formula is C15H25NO4. The van der Waals surface area contributed by atoms with E-state index in [0.717, 1.165) is 19.3 Å². The largest absolute Gasteiger partial charge is 0.347 e. The van der Waals surface area contributed by atoms with Gasteiger partial charge in [-0.05, 0) is 13.3 Å². The minimum absolute atomic E-state index is 0.0896. The normalized spacial score (nSPS) is 38.0. The van der Waals surface area contributed by atoms with Gasteiger partial charge in [-0.1, -0.05) is 27.2 Å². The number of carbonyl (C=O) groups excluding carboxylic acids is 2. The smallest absolute Gasteiger partial charge is 0.232 e. The minimum Gasteiger partial charge on any atom is -0.347 e. The fraction of sp³-hybridized carbons (Fsp3) is 0.867. The summed E-state index contributed by atoms with van der Waals surface area (Å²) in [6.45, 7) is 8.43. The molecule has 2 rings (SSSR count). The summed E-state index contributed by atoms with van der Waals surface area (Å²) in [5.41, 5.74) is 0. The van der Waals surface area contributed by atoms with Crippen LogP contribution in [0.5, 0.6) is 0 Å². The Morgan fingerprint density at radius 1 is 1.25 bits per heavy atom. The molecule has 2 aliphatic rings. The van der Waals surface area contributed by atoms with Crippen LogP contribution in [0.15, 0.2) is 0 Å². The van der Waals surface area contributed by atoms with Gasteiger partial charge in [-0.2, -0.15) is 0 Å². The highest BCUT2D eigenvalue weighted by Crippen LogP contribution is 2.31. The number of rotatable bonds is 5. The molecule has 0 bridgehead atoms. The lowest BCUT2D eigenvalue weighted by molar-refractivity contribution is -0.164. The van der Waals surface area contributed by atoms with E-state index in [4.69, 9.17) is 9.47 Å². The van der Waals surface area contributed by atoms with Crippen LogP contribution in [0.25, 0.3) is 0 Å². The number of carbonyl (C=O) groups is 2. The number of unbranched alkanes of at least 4 members (excludes halogenated alkanes) is 1. The van der Waals surface area contributed by atoms with Gasteiger partial charge in [-0.25, -0.2) is 0 Å². The zero-order chi connectivity index (χ0) is 14.9. The number of hydrogen-bond donors (Lipinski definition) is 0. The first-order chi connectivity index (χ1) is 9.38. The molecule has 4 atom stereocenters. The number of imide groups is 1. The van der Waals surface area contributed by atoms with Crippen LogP contribution in [-0.2, 0) is 19.1 Å². The average Bonchev–Trinajstić information content (AvgIpc) is 2.88. The van der Waals surface area contributed by atoms with Crippen LogP contribution in [0, 0.1) is 11.8 Å². The van der Waals surface area contributed by atoms with E-state index < -0.39 is 5.79 Å². The van der Waals surface area contributed by atoms with E-state index >= 15 is 0 Å². The Kier molecular flexibility index (Phi) is 4.49. The number of amides is 2. The predicted octanol–water partition coefficient (Wildman–Crippen LogP) is 1.95. The SMILES string of the molecule is CCCCC1(C)OCC(CN2C(=O)C(C)C(C)C2=O)O1. The van der Waals surface area contributed by atoms with Gasteiger partial charge in [0.15, 0.2) is 5.79 Å². The Balaban J connectivity index is 1.92. The first kappa shape index (κ1) is 15.4. The van der Waals surface area contributed by atoms with Gasteiger partial charge in [0.25, 0.3) is 0 Å². The molecular weight excluding hydrogens is 258 g/mol. The van der Waals surface area contributed by atoms with Gasteiger partial charge in [0.2, 0.25) is 11.8 Å². The van der Waals surface area contributed by atoms with Crippen LogP contribution in [-0.4, -0.2) is 41.8 Å². The molecule has 4 unspecified atom stereocenters. The van der Waals surface area contributed by atoms with Gasteiger partial charge in [-0.3, -0.25) is 14.5 Å². The Hall–Kier alpha value is -0.940. The second-order valence-electron chi connectivity index (χ2n) is 6.15. The highest BCUT2D eigenvalue weighted by atomic mass is 16.7. The van der Waals surface area contributed by atoms with Gasteiger partial charge >= 0.3 is 0 Å². The van der Waals surface area contributed by atoms with Crippen LogP contribution < -0.4 is 0 Å². The van der Waals surface area contributed by atoms with Gasteiger partial charge in [0.1, 0.15) is 6.10 Å². The number of ether oxygens (including phenoxy) is 2. The molecule has 2 aliphatic heterocycles. The molecule has 5 nitrogen and oxygen atoms in total. The summed E-state index contributed by atoms with van der Waals surface area (Å²) in [6.07, 6.45) is 2.76. The molecule has 2 amide bonds. The fourth-order valence-electron chi connectivity index (χ4n) is 2.82. The average molecular weight is 283 g/mol. The second kappa shape index (κ2) is 5.82. The van der Waals surface area contributed by atoms with Crippen molar-refractivity contribution in [3.05, 3.63) is 0 Å². The Labute approximate surface area is 120 Å². The van der Waals surface area contributed by atoms with Gasteiger partial charge in [0, 0.05) is 18.3 Å². The van der Waals surface area contributed by atoms with Crippen LogP contribution in [0.3, 0.4) is 0 Å². The zero-order valence-electron chi connectivity index (χ0n) is 12.8. The highest BCUT2D eigenvalue weighted by Gasteiger charge is 2.45. The monoisotopic (exact) mass is 283 g/mol. The quantitative estimate of drug-likeness (QED) is 0.724. The topological polar surface area (TPSA) is 55.8 Å². The lowest BCUT2D eigenvalue weighted by Crippen LogP contribution is -2.39. The maximum atomic E-state index is 12.1. The molecule has 2 fully saturated rings. The van der Waals surface area contributed by atoms with Crippen LogP contribution in [0.4, 0.5) is 0 Å². The van der Waals surface area contributed by atoms with E-state index in [1.807, 2.05) is 20.8 Å². The van der Waals surface area contributed by atoms with Crippen LogP contribution in [0.2, 0.25) is 0 Å². The summed E-state index contributed by atoms with van der Waals surface area (Å²) in [4.78, 5) is 25.5. The first-order valence-electron chi connectivity index (χ1n) is 7.55. The summed E-state index contributed by atoms with van der Waals surface area (Å²) in [5.74, 6) is -1.20. The van der Waals surface area contributed by atoms with E-state index in [1.165, 1.54) is 4.90 Å². The van der Waals surface area contributed by atoms with Gasteiger partial charge in [0.05, 0.1) is 13.2 Å². The lowest BCUT2D eigenvalue weighted by atomic mass is 10.00. The van der Waals surface area contributed by atoms with Crippen molar-refractivity contribution in [3.8, 4) is 0 Å². The van der Waals surface area contributed by atoms with Crippen molar-refractivity contribution < 1.29 is 19.1 Å². The lowest BCUT2D eigenvalue weighted by Gasteiger charge is -2.24. The van der Waals surface area contributed by atoms with Crippen molar-refractivity contribution in [2.45, 2.75) is 58.8 Å². The third-order valence-corrected chi connectivity index (χ3v) is 4.42. The highest BCUT2D eigenvalue weighted by molar-refractivity contribution is 6.04. The molecule has 0 radical (unpaired) electrons. The molecule has 2 heterocycles. The molecule has 20 heavy (non-hydrogen) atoms. The molecule has 0 spiro atoms. The Morgan fingerprint density at radius 3 is 2.40 bits per heavy atom. The van der Waals surface area contributed by atoms with Crippen molar-refractivity contribution in [1.29, 1.82) is 0 Å². The van der Waals surface area contributed by atoms with E-state index in [0.29, 0.717) is 13.2 Å². The van der Waals surface area contributed by atoms with Crippen LogP contribution in [0.1, 0.15) is 47.0 Å². The van der Waals surface area contributed by atoms with Gasteiger partial charge in [-0.15, -0.1) is 0 Å². The van der Waals surface area contributed by atoms with E-state index in [9.17, 15) is 9.59 Å². The van der Waals surface area contributed by atoms with E-state index in [2.05, 4.69) is 6.92 Å². The molecule has 0 aromatic rings. The molecule has 114 valence electrons. The molecule has 5 heteroatoms. The Morgan fingerprint density at radius 2 is 1.85 bits per heavy atom. The van der Waals surface area contributed by atoms with Crippen LogP contribution >= 0.6 is 0 Å². The standard InChI is InChI=1S/C15H25NO4/c1-5-6-7-15(4)19-9-12(20-15)8-16-13(17)10(2)11(3)14(16)18/h10-12H,5-9H2,1-4H3. The van der Waals surface area contributed by atoms with Crippen molar-refractivity contribution in [2.24, 2.45) is 11.8 Å². The Bertz CT molecular complexity index is 377. The summed E-state index contributed by atoms with van der Waals surface area (Å²) in [6, 6.07) is 0. The van der Waals surface area contributed by atoms with Crippen molar-refractivity contribution in [2.75, 3.05) is 13.2 Å². The number of hydrogen-bond acceptors (Lipinski definition) is 4. The van der Waals surface area contributed by atoms with E-state index in [-0.39, 0.29) is 29.8 Å². The maximum absolute atomic E-state index is 12.1. The summed E-state index contributed by atoms with van der Waals surface area (Å²) < 4.78 is 11.6.